The van der Waals surface area contributed by atoms with E-state index in [0.29, 0.717) is 0 Å². The van der Waals surface area contributed by atoms with Gasteiger partial charge in [-0.15, -0.1) is 5.54 Å². The maximum absolute atomic E-state index is 3.39. The highest BCUT2D eigenvalue weighted by Gasteiger charge is 2.10. The van der Waals surface area contributed by atoms with Crippen LogP contribution in [0.15, 0.2) is 42.6 Å². The molecular weight excluding hydrogens is 258 g/mol. The lowest BCUT2D eigenvalue weighted by Crippen LogP contribution is -2.32. The summed E-state index contributed by atoms with van der Waals surface area (Å²) >= 11 is 0. The Bertz CT molecular complexity index is 670. The third-order valence-electron chi connectivity index (χ3n) is 2.83. The molecule has 0 atom stereocenters. The predicted octanol–water partition coefficient (Wildman–Crippen LogP) is 2.83. The van der Waals surface area contributed by atoms with E-state index in [2.05, 4.69) is 65.7 Å². The largest absolute Gasteiger partial charge is 0.256 e. The van der Waals surface area contributed by atoms with E-state index in [1.54, 1.807) is 0 Å². The van der Waals surface area contributed by atoms with E-state index in [9.17, 15) is 0 Å². The van der Waals surface area contributed by atoms with Crippen molar-refractivity contribution < 1.29 is 4.57 Å². The van der Waals surface area contributed by atoms with Crippen molar-refractivity contribution in [2.75, 3.05) is 0 Å². The quantitative estimate of drug-likeness (QED) is 0.390. The zero-order valence-corrected chi connectivity index (χ0v) is 13.6. The monoisotopic (exact) mass is 278 g/mol. The van der Waals surface area contributed by atoms with Gasteiger partial charge in [0.25, 0.3) is 5.69 Å². The molecule has 0 radical (unpaired) electrons. The van der Waals surface area contributed by atoms with Crippen LogP contribution in [0.3, 0.4) is 0 Å². The summed E-state index contributed by atoms with van der Waals surface area (Å²) in [6.45, 7) is 6.76. The number of aromatic nitrogens is 1. The lowest BCUT2D eigenvalue weighted by atomic mass is 10.1. The van der Waals surface area contributed by atoms with Gasteiger partial charge in [-0.3, -0.25) is 0 Å². The fourth-order valence-electron chi connectivity index (χ4n) is 1.76. The van der Waals surface area contributed by atoms with Crippen LogP contribution in [0.4, 0.5) is 0 Å². The van der Waals surface area contributed by atoms with Crippen LogP contribution in [0.5, 0.6) is 0 Å². The second kappa shape index (κ2) is 5.95. The van der Waals surface area contributed by atoms with E-state index in [0.717, 1.165) is 11.3 Å². The number of allylic oxidation sites excluding steroid dienone is 4. The molecule has 0 spiro atoms. The van der Waals surface area contributed by atoms with Gasteiger partial charge in [-0.25, -0.2) is 0 Å². The summed E-state index contributed by atoms with van der Waals surface area (Å²) in [6.07, 6.45) is 10.3. The number of nitrogens with zero attached hydrogens (tertiary/aromatic N) is 1. The third kappa shape index (κ3) is 4.26. The van der Waals surface area contributed by atoms with Crippen LogP contribution in [-0.2, 0) is 7.05 Å². The Morgan fingerprint density at radius 1 is 1.05 bits per heavy atom. The topological polar surface area (TPSA) is 3.88 Å². The average Bonchev–Trinajstić information content (AvgIpc) is 2.87. The molecule has 1 nitrogen and oxygen atoms in total. The molecule has 0 saturated heterocycles. The van der Waals surface area contributed by atoms with Crippen molar-refractivity contribution in [2.45, 2.75) is 19.6 Å². The summed E-state index contributed by atoms with van der Waals surface area (Å²) in [4.78, 5) is 0. The first-order valence-corrected chi connectivity index (χ1v) is 10.3. The van der Waals surface area contributed by atoms with Gasteiger partial charge >= 0.3 is 0 Å². The number of aryl methyl sites for hydroxylation is 1. The Morgan fingerprint density at radius 3 is 2.35 bits per heavy atom. The van der Waals surface area contributed by atoms with Gasteiger partial charge in [0.2, 0.25) is 0 Å². The zero-order chi connectivity index (χ0) is 14.6. The minimum atomic E-state index is -1.33. The maximum Gasteiger partial charge on any atom is 0.256 e. The summed E-state index contributed by atoms with van der Waals surface area (Å²) in [7, 11) is 0.695. The second-order valence-corrected chi connectivity index (χ2v) is 10.7. The van der Waals surface area contributed by atoms with Crippen molar-refractivity contribution >= 4 is 8.07 Å². The van der Waals surface area contributed by atoms with Crippen molar-refractivity contribution in [3.63, 3.8) is 0 Å². The molecule has 1 aliphatic rings. The molecule has 2 heteroatoms. The summed E-state index contributed by atoms with van der Waals surface area (Å²) in [6, 6.07) is 4.10. The van der Waals surface area contributed by atoms with Crippen LogP contribution in [0.25, 0.3) is 0 Å². The first kappa shape index (κ1) is 14.4. The molecule has 100 valence electrons. The Balaban J connectivity index is 2.19. The van der Waals surface area contributed by atoms with Crippen molar-refractivity contribution in [3.8, 4) is 23.3 Å². The summed E-state index contributed by atoms with van der Waals surface area (Å²) in [5.74, 6) is 9.99. The zero-order valence-electron chi connectivity index (χ0n) is 12.6. The SMILES string of the molecule is C[n+]1cc(C#CC2C=CC=C2)ccc1C#C[Si](C)(C)C. The third-order valence-corrected chi connectivity index (χ3v) is 3.71. The maximum atomic E-state index is 3.39. The Kier molecular flexibility index (Phi) is 4.28. The lowest BCUT2D eigenvalue weighted by molar-refractivity contribution is -0.674. The van der Waals surface area contributed by atoms with E-state index in [-0.39, 0.29) is 5.92 Å². The van der Waals surface area contributed by atoms with Crippen molar-refractivity contribution in [1.82, 2.24) is 0 Å². The summed E-state index contributed by atoms with van der Waals surface area (Å²) in [5, 5.41) is 0. The molecule has 0 fully saturated rings. The van der Waals surface area contributed by atoms with E-state index < -0.39 is 8.07 Å². The molecule has 0 unspecified atom stereocenters. The van der Waals surface area contributed by atoms with E-state index in [1.807, 2.05) is 31.5 Å². The second-order valence-electron chi connectivity index (χ2n) is 5.98. The van der Waals surface area contributed by atoms with Crippen molar-refractivity contribution in [1.29, 1.82) is 0 Å². The minimum Gasteiger partial charge on any atom is -0.193 e. The first-order valence-electron chi connectivity index (χ1n) is 6.83. The molecule has 1 aromatic heterocycles. The van der Waals surface area contributed by atoms with Crippen LogP contribution in [0.1, 0.15) is 11.3 Å². The normalized spacial score (nSPS) is 13.6. The molecule has 2 rings (SSSR count). The van der Waals surface area contributed by atoms with Gasteiger partial charge < -0.3 is 0 Å². The lowest BCUT2D eigenvalue weighted by Gasteiger charge is -2.02. The first-order chi connectivity index (χ1) is 9.44. The minimum absolute atomic E-state index is 0.256. The highest BCUT2D eigenvalue weighted by atomic mass is 28.3. The van der Waals surface area contributed by atoms with Gasteiger partial charge in [-0.1, -0.05) is 55.8 Å². The van der Waals surface area contributed by atoms with Gasteiger partial charge in [0.1, 0.15) is 15.1 Å². The molecule has 0 bridgehead atoms. The molecule has 1 aromatic rings. The van der Waals surface area contributed by atoms with Gasteiger partial charge in [-0.05, 0) is 12.0 Å². The Morgan fingerprint density at radius 2 is 1.75 bits per heavy atom. The molecule has 20 heavy (non-hydrogen) atoms. The predicted molar refractivity (Wildman–Crippen MR) is 86.5 cm³/mol. The number of rotatable bonds is 0. The summed E-state index contributed by atoms with van der Waals surface area (Å²) < 4.78 is 2.05. The molecule has 0 aliphatic heterocycles. The van der Waals surface area contributed by atoms with Crippen LogP contribution >= 0.6 is 0 Å². The fourth-order valence-corrected chi connectivity index (χ4v) is 2.26. The van der Waals surface area contributed by atoms with E-state index in [1.165, 1.54) is 0 Å². The molecule has 0 amide bonds. The number of pyridine rings is 1. The molecular formula is C18H20NSi+. The molecule has 0 aromatic carbocycles. The Labute approximate surface area is 123 Å². The van der Waals surface area contributed by atoms with E-state index >= 15 is 0 Å². The summed E-state index contributed by atoms with van der Waals surface area (Å²) in [5.41, 5.74) is 5.46. The van der Waals surface area contributed by atoms with Crippen LogP contribution in [0.2, 0.25) is 19.6 Å². The van der Waals surface area contributed by atoms with Gasteiger partial charge in [-0.2, -0.15) is 4.57 Å². The van der Waals surface area contributed by atoms with Crippen LogP contribution in [0, 0.1) is 29.2 Å². The standard InChI is InChI=1S/C18H20NSi/c1-19-15-17(10-9-16-7-5-6-8-16)11-12-18(19)13-14-20(2,3)4/h5-8,11-12,15-16H,1-4H3/q+1. The van der Waals surface area contributed by atoms with Gasteiger partial charge in [0, 0.05) is 6.07 Å². The Hall–Kier alpha value is -2.03. The molecule has 1 aliphatic carbocycles. The highest BCUT2D eigenvalue weighted by molar-refractivity contribution is 6.83. The van der Waals surface area contributed by atoms with Gasteiger partial charge in [0.05, 0.1) is 11.5 Å². The van der Waals surface area contributed by atoms with Crippen molar-refractivity contribution in [2.24, 2.45) is 13.0 Å². The molecule has 0 N–H and O–H groups in total. The number of hydrogen-bond donors (Lipinski definition) is 0. The van der Waals surface area contributed by atoms with Crippen LogP contribution in [-0.4, -0.2) is 8.07 Å². The van der Waals surface area contributed by atoms with Crippen molar-refractivity contribution in [3.05, 3.63) is 53.9 Å². The number of hydrogen-bond acceptors (Lipinski definition) is 0. The molecule has 1 heterocycles. The highest BCUT2D eigenvalue weighted by Crippen LogP contribution is 2.07. The average molecular weight is 278 g/mol. The van der Waals surface area contributed by atoms with E-state index in [4.69, 9.17) is 0 Å². The smallest absolute Gasteiger partial charge is 0.193 e. The fraction of sp³-hybridized carbons (Fsp3) is 0.278. The van der Waals surface area contributed by atoms with Gasteiger partial charge in [0.15, 0.2) is 6.20 Å². The molecule has 0 saturated carbocycles. The van der Waals surface area contributed by atoms with Crippen LogP contribution < -0.4 is 4.57 Å².